The van der Waals surface area contributed by atoms with Gasteiger partial charge in [0, 0.05) is 33.4 Å². The van der Waals surface area contributed by atoms with Gasteiger partial charge in [-0.15, -0.1) is 11.8 Å². The summed E-state index contributed by atoms with van der Waals surface area (Å²) in [4.78, 5) is 15.9. The maximum absolute atomic E-state index is 5.39. The maximum Gasteiger partial charge on any atom is 0.239 e. The molecule has 50 heavy (non-hydrogen) atoms. The van der Waals surface area contributed by atoms with E-state index in [0.717, 1.165) is 39.6 Å². The highest BCUT2D eigenvalue weighted by Gasteiger charge is 2.35. The van der Waals surface area contributed by atoms with Gasteiger partial charge < -0.3 is 0 Å². The molecule has 3 aliphatic rings. The van der Waals surface area contributed by atoms with Gasteiger partial charge in [-0.05, 0) is 55.8 Å². The summed E-state index contributed by atoms with van der Waals surface area (Å²) in [7, 11) is 0. The number of fused-ring (bicyclic) bond motifs is 9. The summed E-state index contributed by atoms with van der Waals surface area (Å²) in [5.74, 6) is 2.83. The van der Waals surface area contributed by atoms with Crippen LogP contribution in [0.4, 0.5) is 0 Å². The van der Waals surface area contributed by atoms with Crippen molar-refractivity contribution >= 4 is 67.5 Å². The Morgan fingerprint density at radius 3 is 2.22 bits per heavy atom. The maximum atomic E-state index is 5.39. The average Bonchev–Trinajstić information content (AvgIpc) is 3.57. The highest BCUT2D eigenvalue weighted by Crippen LogP contribution is 2.55. The van der Waals surface area contributed by atoms with Crippen molar-refractivity contribution < 1.29 is 0 Å². The zero-order valence-corrected chi connectivity index (χ0v) is 27.8. The van der Waals surface area contributed by atoms with Gasteiger partial charge in [0.05, 0.1) is 10.5 Å². The number of aromatic nitrogens is 4. The number of benzene rings is 6. The summed E-state index contributed by atoms with van der Waals surface area (Å²) in [5.41, 5.74) is 12.2. The zero-order chi connectivity index (χ0) is 32.8. The summed E-state index contributed by atoms with van der Waals surface area (Å²) in [5, 5.41) is 7.31. The van der Waals surface area contributed by atoms with E-state index in [4.69, 9.17) is 15.0 Å². The van der Waals surface area contributed by atoms with Crippen LogP contribution in [0.3, 0.4) is 0 Å². The molecular formula is C45H28N4S. The Morgan fingerprint density at radius 1 is 0.580 bits per heavy atom. The average molecular weight is 657 g/mol. The molecule has 6 aromatic carbocycles. The Kier molecular flexibility index (Phi) is 5.98. The van der Waals surface area contributed by atoms with Crippen molar-refractivity contribution in [1.82, 2.24) is 19.5 Å². The molecule has 2 aliphatic carbocycles. The van der Waals surface area contributed by atoms with E-state index in [1.54, 1.807) is 0 Å². The Bertz CT molecular complexity index is 2830. The quantitative estimate of drug-likeness (QED) is 0.190. The smallest absolute Gasteiger partial charge is 0.239 e. The molecule has 0 radical (unpaired) electrons. The van der Waals surface area contributed by atoms with Crippen LogP contribution in [0.5, 0.6) is 0 Å². The van der Waals surface area contributed by atoms with Crippen molar-refractivity contribution in [2.75, 3.05) is 5.75 Å². The molecule has 11 rings (SSSR count). The van der Waals surface area contributed by atoms with E-state index in [1.165, 1.54) is 60.1 Å². The molecule has 0 atom stereocenters. The highest BCUT2D eigenvalue weighted by atomic mass is 32.2. The van der Waals surface area contributed by atoms with Crippen molar-refractivity contribution in [2.45, 2.75) is 11.4 Å². The first-order valence-electron chi connectivity index (χ1n) is 17.1. The minimum Gasteiger partial charge on any atom is -0.271 e. The first kappa shape index (κ1) is 27.9. The van der Waals surface area contributed by atoms with E-state index in [-0.39, 0.29) is 0 Å². The molecule has 3 heterocycles. The van der Waals surface area contributed by atoms with E-state index in [2.05, 4.69) is 132 Å². The molecule has 0 N–H and O–H groups in total. The van der Waals surface area contributed by atoms with Gasteiger partial charge in [-0.3, -0.25) is 4.57 Å². The third-order valence-corrected chi connectivity index (χ3v) is 11.4. The van der Waals surface area contributed by atoms with Crippen LogP contribution in [-0.4, -0.2) is 25.3 Å². The van der Waals surface area contributed by atoms with Crippen molar-refractivity contribution in [3.8, 4) is 28.7 Å². The highest BCUT2D eigenvalue weighted by molar-refractivity contribution is 7.99. The van der Waals surface area contributed by atoms with Crippen molar-refractivity contribution in [3.05, 3.63) is 161 Å². The number of thioether (sulfide) groups is 1. The van der Waals surface area contributed by atoms with Gasteiger partial charge >= 0.3 is 0 Å². The Morgan fingerprint density at radius 2 is 1.32 bits per heavy atom. The molecule has 8 aromatic rings. The second-order valence-electron chi connectivity index (χ2n) is 13.0. The normalized spacial score (nSPS) is 14.3. The fraction of sp³-hybridized carbons (Fsp3) is 0.0444. The van der Waals surface area contributed by atoms with Crippen LogP contribution < -0.4 is 0 Å². The van der Waals surface area contributed by atoms with Crippen LogP contribution in [-0.2, 0) is 0 Å². The number of hydrogen-bond donors (Lipinski definition) is 0. The first-order chi connectivity index (χ1) is 24.8. The molecule has 4 nitrogen and oxygen atoms in total. The number of rotatable bonds is 3. The van der Waals surface area contributed by atoms with E-state index < -0.39 is 0 Å². The van der Waals surface area contributed by atoms with E-state index in [1.807, 2.05) is 30.0 Å². The fourth-order valence-corrected chi connectivity index (χ4v) is 9.38. The van der Waals surface area contributed by atoms with Gasteiger partial charge in [-0.25, -0.2) is 4.98 Å². The molecule has 0 saturated carbocycles. The second-order valence-corrected chi connectivity index (χ2v) is 14.0. The van der Waals surface area contributed by atoms with Crippen molar-refractivity contribution in [3.63, 3.8) is 0 Å². The van der Waals surface area contributed by atoms with Gasteiger partial charge in [0.2, 0.25) is 5.95 Å². The summed E-state index contributed by atoms with van der Waals surface area (Å²) < 4.78 is 2.34. The number of hydrogen-bond acceptors (Lipinski definition) is 4. The van der Waals surface area contributed by atoms with Crippen LogP contribution in [0.2, 0.25) is 0 Å². The lowest BCUT2D eigenvalue weighted by Crippen LogP contribution is -2.09. The molecule has 0 amide bonds. The summed E-state index contributed by atoms with van der Waals surface area (Å²) >= 11 is 1.89. The second kappa shape index (κ2) is 10.7. The number of nitrogens with zero attached hydrogens (tertiary/aromatic N) is 4. The summed E-state index contributed by atoms with van der Waals surface area (Å²) in [6.45, 7) is 0. The molecule has 234 valence electrons. The Hall–Kier alpha value is -6.04. The van der Waals surface area contributed by atoms with Gasteiger partial charge in [-0.2, -0.15) is 9.97 Å². The van der Waals surface area contributed by atoms with Crippen LogP contribution in [0.15, 0.2) is 139 Å². The molecule has 0 fully saturated rings. The van der Waals surface area contributed by atoms with E-state index in [0.29, 0.717) is 17.6 Å². The monoisotopic (exact) mass is 656 g/mol. The van der Waals surface area contributed by atoms with Gasteiger partial charge in [0.25, 0.3) is 0 Å². The molecule has 2 aromatic heterocycles. The molecule has 0 unspecified atom stereocenters. The van der Waals surface area contributed by atoms with Crippen molar-refractivity contribution in [1.29, 1.82) is 0 Å². The molecule has 0 bridgehead atoms. The van der Waals surface area contributed by atoms with Crippen LogP contribution >= 0.6 is 11.8 Å². The summed E-state index contributed by atoms with van der Waals surface area (Å²) in [6.07, 6.45) is 9.92. The topological polar surface area (TPSA) is 43.6 Å². The largest absolute Gasteiger partial charge is 0.271 e. The fourth-order valence-electron chi connectivity index (χ4n) is 8.14. The van der Waals surface area contributed by atoms with E-state index in [9.17, 15) is 0 Å². The lowest BCUT2D eigenvalue weighted by Gasteiger charge is -2.19. The summed E-state index contributed by atoms with van der Waals surface area (Å²) in [6, 6.07) is 43.2. The van der Waals surface area contributed by atoms with Gasteiger partial charge in [0.1, 0.15) is 0 Å². The molecular weight excluding hydrogens is 629 g/mol. The SMILES string of the molecule is C1=Cc2ccc3c4c(n(-c5nc(-c6ccccc6)nc(-c6cccc7ccccc67)n5)c3c2C=CC1)SCC1=C4c2cccc3cccc1c23. The predicted molar refractivity (Wildman–Crippen MR) is 208 cm³/mol. The van der Waals surface area contributed by atoms with Crippen LogP contribution in [0.1, 0.15) is 34.2 Å². The third-order valence-electron chi connectivity index (χ3n) is 10.3. The molecule has 0 saturated heterocycles. The lowest BCUT2D eigenvalue weighted by atomic mass is 9.94. The zero-order valence-electron chi connectivity index (χ0n) is 27.0. The minimum atomic E-state index is 0.633. The molecule has 1 aliphatic heterocycles. The lowest BCUT2D eigenvalue weighted by molar-refractivity contribution is 0.868. The van der Waals surface area contributed by atoms with E-state index >= 15 is 0 Å². The Labute approximate surface area is 293 Å². The van der Waals surface area contributed by atoms with Crippen LogP contribution in [0, 0.1) is 0 Å². The molecule has 5 heteroatoms. The third kappa shape index (κ3) is 3.98. The Balaban J connectivity index is 1.26. The predicted octanol–water partition coefficient (Wildman–Crippen LogP) is 11.3. The standard InChI is InChI=1S/C45H28N4S/c1-4-14-30(15-5-1)42-46-43(34-22-9-16-27-13-7-8-19-31(27)34)48-45(47-42)49-41-32-20-6-2-3-12-28(32)24-25-36(41)40-39-35-23-11-18-29-17-10-21-33(38(29)35)37(39)26-50-44(40)49/h1,3-25H,2,26H2. The van der Waals surface area contributed by atoms with Gasteiger partial charge in [-0.1, -0.05) is 146 Å². The molecule has 0 spiro atoms. The number of allylic oxidation sites excluding steroid dienone is 2. The minimum absolute atomic E-state index is 0.633. The van der Waals surface area contributed by atoms with Crippen molar-refractivity contribution in [2.24, 2.45) is 0 Å². The van der Waals surface area contributed by atoms with Gasteiger partial charge in [0.15, 0.2) is 11.6 Å². The first-order valence-corrected chi connectivity index (χ1v) is 18.0. The van der Waals surface area contributed by atoms with Crippen LogP contribution in [0.25, 0.3) is 84.5 Å².